The summed E-state index contributed by atoms with van der Waals surface area (Å²) in [4.78, 5) is 9.53. The predicted molar refractivity (Wildman–Crippen MR) is 141 cm³/mol. The lowest BCUT2D eigenvalue weighted by Gasteiger charge is -2.36. The molecule has 0 bridgehead atoms. The van der Waals surface area contributed by atoms with Crippen LogP contribution in [0.5, 0.6) is 5.88 Å². The van der Waals surface area contributed by atoms with Crippen LogP contribution in [0, 0.1) is 12.8 Å². The Morgan fingerprint density at radius 1 is 0.950 bits per heavy atom. The van der Waals surface area contributed by atoms with Crippen molar-refractivity contribution in [3.05, 3.63) is 53.3 Å². The number of tetrazole rings is 2. The number of likely N-dealkylation sites (N-methyl/N-ethyl adjacent to an activating group) is 1. The third-order valence-electron chi connectivity index (χ3n) is 7.46. The second-order valence-corrected chi connectivity index (χ2v) is 10.5. The third kappa shape index (κ3) is 5.00. The number of pyridine rings is 1. The summed E-state index contributed by atoms with van der Waals surface area (Å²) in [7, 11) is 2.15. The molecule has 0 saturated carbocycles. The van der Waals surface area contributed by atoms with Gasteiger partial charge in [-0.15, -0.1) is 29.7 Å². The van der Waals surface area contributed by atoms with E-state index in [1.165, 1.54) is 9.26 Å². The third-order valence-corrected chi connectivity index (χ3v) is 7.46. The molecule has 0 aromatic carbocycles. The Morgan fingerprint density at radius 2 is 1.75 bits per heavy atom. The number of piperidine rings is 1. The summed E-state index contributed by atoms with van der Waals surface area (Å²) in [6.07, 6.45) is 0.884. The predicted octanol–water partition coefficient (Wildman–Crippen LogP) is 0.748. The first-order valence-corrected chi connectivity index (χ1v) is 13.3. The molecule has 206 valence electrons. The summed E-state index contributed by atoms with van der Waals surface area (Å²) in [6, 6.07) is 11.8. The lowest BCUT2D eigenvalue weighted by molar-refractivity contribution is 0.0392. The normalized spacial score (nSPS) is 22.2. The van der Waals surface area contributed by atoms with Crippen molar-refractivity contribution in [1.29, 1.82) is 0 Å². The van der Waals surface area contributed by atoms with E-state index in [2.05, 4.69) is 77.2 Å². The number of fused-ring (bicyclic) bond motifs is 2. The fraction of sp³-hybridized carbons (Fsp3) is 0.480. The van der Waals surface area contributed by atoms with Crippen molar-refractivity contribution < 1.29 is 9.47 Å². The molecule has 7 heterocycles. The van der Waals surface area contributed by atoms with Gasteiger partial charge in [0.05, 0.1) is 13.2 Å². The van der Waals surface area contributed by atoms with Crippen LogP contribution in [0.25, 0.3) is 11.3 Å². The van der Waals surface area contributed by atoms with E-state index in [0.29, 0.717) is 42.9 Å². The molecule has 0 aliphatic carbocycles. The molecule has 3 unspecified atom stereocenters. The standard InChI is InChI=1S/C25H29N13O2/c1-16-9-18(21-14-36(7-8-39-21)24-4-3-22-27-31-33-37(22)29-24)11-20(26-16)19-10-17(12-35(2)13-19)15-40-25-6-5-23-28-32-34-38(23)30-25/h3-6,9,11,17,19,21H,7-8,10,12-15H2,1-2H3. The highest BCUT2D eigenvalue weighted by Crippen LogP contribution is 2.32. The molecule has 40 heavy (non-hydrogen) atoms. The van der Waals surface area contributed by atoms with Gasteiger partial charge in [-0.3, -0.25) is 4.98 Å². The van der Waals surface area contributed by atoms with Gasteiger partial charge in [-0.2, -0.15) is 0 Å². The van der Waals surface area contributed by atoms with E-state index >= 15 is 0 Å². The van der Waals surface area contributed by atoms with E-state index in [1.807, 2.05) is 12.1 Å². The van der Waals surface area contributed by atoms with Gasteiger partial charge < -0.3 is 19.3 Å². The fourth-order valence-electron chi connectivity index (χ4n) is 5.68. The first-order valence-electron chi connectivity index (χ1n) is 13.3. The zero-order valence-electron chi connectivity index (χ0n) is 22.3. The summed E-state index contributed by atoms with van der Waals surface area (Å²) in [5, 5.41) is 31.8. The molecule has 15 heteroatoms. The molecule has 2 aliphatic rings. The van der Waals surface area contributed by atoms with Crippen molar-refractivity contribution in [3.8, 4) is 5.88 Å². The number of likely N-dealkylation sites (tertiary alicyclic amines) is 1. The number of nitrogens with zero attached hydrogens (tertiary/aromatic N) is 13. The van der Waals surface area contributed by atoms with E-state index in [9.17, 15) is 0 Å². The second kappa shape index (κ2) is 10.3. The Hall–Kier alpha value is -4.37. The molecule has 5 aromatic heterocycles. The minimum atomic E-state index is -0.0896. The van der Waals surface area contributed by atoms with Crippen molar-refractivity contribution in [1.82, 2.24) is 60.4 Å². The molecule has 0 N–H and O–H groups in total. The molecule has 0 spiro atoms. The van der Waals surface area contributed by atoms with Gasteiger partial charge in [-0.1, -0.05) is 0 Å². The summed E-state index contributed by atoms with van der Waals surface area (Å²) in [5.41, 5.74) is 4.42. The minimum Gasteiger partial charge on any atom is -0.476 e. The molecule has 5 aromatic rings. The van der Waals surface area contributed by atoms with E-state index in [-0.39, 0.29) is 12.0 Å². The fourth-order valence-corrected chi connectivity index (χ4v) is 5.68. The first-order chi connectivity index (χ1) is 19.6. The Labute approximate surface area is 229 Å². The summed E-state index contributed by atoms with van der Waals surface area (Å²) in [6.45, 7) is 6.53. The molecule has 3 atom stereocenters. The smallest absolute Gasteiger partial charge is 0.233 e. The number of anilines is 1. The maximum absolute atomic E-state index is 6.24. The molecular weight excluding hydrogens is 514 g/mol. The first kappa shape index (κ1) is 24.7. The molecule has 2 saturated heterocycles. The molecule has 0 radical (unpaired) electrons. The number of rotatable bonds is 6. The van der Waals surface area contributed by atoms with Crippen LogP contribution < -0.4 is 9.64 Å². The Balaban J connectivity index is 1.06. The van der Waals surface area contributed by atoms with Crippen LogP contribution in [0.4, 0.5) is 5.82 Å². The highest BCUT2D eigenvalue weighted by atomic mass is 16.5. The lowest BCUT2D eigenvalue weighted by atomic mass is 9.86. The number of aromatic nitrogens is 11. The summed E-state index contributed by atoms with van der Waals surface area (Å²) >= 11 is 0. The maximum Gasteiger partial charge on any atom is 0.233 e. The van der Waals surface area contributed by atoms with Crippen LogP contribution in [-0.4, -0.2) is 107 Å². The van der Waals surface area contributed by atoms with Gasteiger partial charge in [-0.05, 0) is 77.1 Å². The van der Waals surface area contributed by atoms with Crippen molar-refractivity contribution >= 4 is 17.1 Å². The average Bonchev–Trinajstić information content (AvgIpc) is 3.64. The average molecular weight is 544 g/mol. The SMILES string of the molecule is Cc1cc(C2CN(c3ccc4nnnn4n3)CCO2)cc(C2CC(COc3ccc4nnnn4n3)CN(C)C2)n1. The van der Waals surface area contributed by atoms with Crippen LogP contribution in [0.15, 0.2) is 36.4 Å². The van der Waals surface area contributed by atoms with Crippen molar-refractivity contribution in [2.75, 3.05) is 51.3 Å². The van der Waals surface area contributed by atoms with Gasteiger partial charge in [0.25, 0.3) is 0 Å². The zero-order valence-corrected chi connectivity index (χ0v) is 22.3. The Morgan fingerprint density at radius 3 is 2.60 bits per heavy atom. The summed E-state index contributed by atoms with van der Waals surface area (Å²) in [5.74, 6) is 1.94. The van der Waals surface area contributed by atoms with Crippen LogP contribution >= 0.6 is 0 Å². The highest BCUT2D eigenvalue weighted by molar-refractivity contribution is 5.45. The highest BCUT2D eigenvalue weighted by Gasteiger charge is 2.30. The van der Waals surface area contributed by atoms with Crippen LogP contribution in [0.1, 0.15) is 35.4 Å². The van der Waals surface area contributed by atoms with E-state index in [0.717, 1.165) is 48.8 Å². The van der Waals surface area contributed by atoms with Crippen LogP contribution in [-0.2, 0) is 4.74 Å². The topological polar surface area (TPSA) is 150 Å². The zero-order chi connectivity index (χ0) is 27.1. The number of ether oxygens (including phenoxy) is 2. The molecule has 7 rings (SSSR count). The number of hydrogen-bond donors (Lipinski definition) is 0. The lowest BCUT2D eigenvalue weighted by Crippen LogP contribution is -2.40. The Kier molecular flexibility index (Phi) is 6.36. The molecule has 2 fully saturated rings. The van der Waals surface area contributed by atoms with Gasteiger partial charge in [0, 0.05) is 55.5 Å². The molecule has 15 nitrogen and oxygen atoms in total. The largest absolute Gasteiger partial charge is 0.476 e. The molecule has 2 aliphatic heterocycles. The number of morpholine rings is 1. The van der Waals surface area contributed by atoms with Crippen LogP contribution in [0.3, 0.4) is 0 Å². The van der Waals surface area contributed by atoms with Crippen LogP contribution in [0.2, 0.25) is 0 Å². The van der Waals surface area contributed by atoms with Crippen molar-refractivity contribution in [2.24, 2.45) is 5.92 Å². The van der Waals surface area contributed by atoms with E-state index in [1.54, 1.807) is 12.1 Å². The van der Waals surface area contributed by atoms with Gasteiger partial charge in [0.15, 0.2) is 17.1 Å². The monoisotopic (exact) mass is 543 g/mol. The van der Waals surface area contributed by atoms with Crippen molar-refractivity contribution in [2.45, 2.75) is 25.4 Å². The minimum absolute atomic E-state index is 0.0896. The van der Waals surface area contributed by atoms with E-state index < -0.39 is 0 Å². The second-order valence-electron chi connectivity index (χ2n) is 10.5. The number of aryl methyl sites for hydroxylation is 1. The van der Waals surface area contributed by atoms with E-state index in [4.69, 9.17) is 14.5 Å². The summed E-state index contributed by atoms with van der Waals surface area (Å²) < 4.78 is 15.1. The maximum atomic E-state index is 6.24. The quantitative estimate of drug-likeness (QED) is 0.297. The molecular formula is C25H29N13O2. The number of hydrogen-bond acceptors (Lipinski definition) is 13. The Bertz CT molecular complexity index is 1640. The van der Waals surface area contributed by atoms with Crippen molar-refractivity contribution in [3.63, 3.8) is 0 Å². The van der Waals surface area contributed by atoms with Gasteiger partial charge in [-0.25, -0.2) is 0 Å². The van der Waals surface area contributed by atoms with Gasteiger partial charge >= 0.3 is 0 Å². The van der Waals surface area contributed by atoms with Gasteiger partial charge in [0.1, 0.15) is 6.10 Å². The van der Waals surface area contributed by atoms with Gasteiger partial charge in [0.2, 0.25) is 5.88 Å². The molecule has 0 amide bonds.